The van der Waals surface area contributed by atoms with E-state index in [1.165, 1.54) is 0 Å². The van der Waals surface area contributed by atoms with Gasteiger partial charge in [-0.2, -0.15) is 0 Å². The molecule has 0 aliphatic carbocycles. The van der Waals surface area contributed by atoms with E-state index in [1.54, 1.807) is 0 Å². The first kappa shape index (κ1) is 46.2. The number of hydrogen-bond donors (Lipinski definition) is 0. The van der Waals surface area contributed by atoms with Crippen LogP contribution in [-0.2, 0) is 0 Å². The topological polar surface area (TPSA) is 91.1 Å². The molecule has 5 heterocycles. The van der Waals surface area contributed by atoms with Crippen molar-refractivity contribution in [1.82, 2.24) is 15.0 Å². The van der Waals surface area contributed by atoms with Crippen molar-refractivity contribution < 1.29 is 13.3 Å². The number of rotatable bonds is 8. The number of anilines is 10. The maximum absolute atomic E-state index is 6.60. The standard InChI is InChI=1S/C71H47N7O3/c1-75-53-29-6-10-33-57(53)77(58-34-11-7-30-54(58)75)61-43-62(78-59-35-12-8-31-55(59)76(2)56-32-9-13-36-60(56)78)67(45-21-18-24-48(41-45)70-73-51-27-4-15-38-64(51)80-70)68(46-22-19-25-49(42-46)71-74-52-28-5-16-39-65(52)81-71)66(61)44-20-17-23-47(40-44)69-72-50-26-3-14-37-63(50)79-69/h3-43H,1-2H3. The summed E-state index contributed by atoms with van der Waals surface area (Å²) in [5.74, 6) is 1.59. The van der Waals surface area contributed by atoms with Crippen molar-refractivity contribution in [3.8, 4) is 67.7 Å². The summed E-state index contributed by atoms with van der Waals surface area (Å²) in [5, 5.41) is 0. The van der Waals surface area contributed by atoms with Gasteiger partial charge in [0.1, 0.15) is 16.6 Å². The molecule has 0 radical (unpaired) electrons. The van der Waals surface area contributed by atoms with Gasteiger partial charge in [-0.1, -0.05) is 121 Å². The zero-order valence-electron chi connectivity index (χ0n) is 44.0. The SMILES string of the molecule is CN1c2ccccc2N(c2cc(N3c4ccccc4N(C)c4ccccc43)c(-c3cccc(-c4nc5ccccc5o4)c3)c(-c3cccc(-c4nc5ccccc5o4)c3)c2-c2cccc(-c3nc4ccccc4o3)c2)c2ccccc21. The van der Waals surface area contributed by atoms with Crippen molar-refractivity contribution in [3.05, 3.63) is 249 Å². The van der Waals surface area contributed by atoms with Gasteiger partial charge in [-0.05, 0) is 144 Å². The Morgan fingerprint density at radius 2 is 0.519 bits per heavy atom. The van der Waals surface area contributed by atoms with Crippen molar-refractivity contribution in [2.24, 2.45) is 0 Å². The molecule has 0 spiro atoms. The molecule has 10 heteroatoms. The van der Waals surface area contributed by atoms with E-state index in [9.17, 15) is 0 Å². The van der Waals surface area contributed by atoms with E-state index in [2.05, 4.69) is 210 Å². The fourth-order valence-electron chi connectivity index (χ4n) is 12.1. The lowest BCUT2D eigenvalue weighted by Crippen LogP contribution is -2.26. The molecule has 3 aromatic heterocycles. The summed E-state index contributed by atoms with van der Waals surface area (Å²) in [6.07, 6.45) is 0. The highest BCUT2D eigenvalue weighted by atomic mass is 16.4. The van der Waals surface area contributed by atoms with Crippen LogP contribution in [0, 0.1) is 0 Å². The van der Waals surface area contributed by atoms with Crippen LogP contribution >= 0.6 is 0 Å². The van der Waals surface area contributed by atoms with Crippen molar-refractivity contribution in [2.75, 3.05) is 33.7 Å². The molecule has 0 amide bonds. The number of aromatic nitrogens is 3. The van der Waals surface area contributed by atoms with Gasteiger partial charge in [0.05, 0.1) is 56.9 Å². The largest absolute Gasteiger partial charge is 0.436 e. The molecular weight excluding hydrogens is 999 g/mol. The van der Waals surface area contributed by atoms with E-state index in [0.29, 0.717) is 17.7 Å². The van der Waals surface area contributed by atoms with Gasteiger partial charge in [0.15, 0.2) is 16.7 Å². The summed E-state index contributed by atoms with van der Waals surface area (Å²) < 4.78 is 19.7. The molecule has 11 aromatic carbocycles. The maximum Gasteiger partial charge on any atom is 0.227 e. The minimum atomic E-state index is 0.525. The van der Waals surface area contributed by atoms with Crippen molar-refractivity contribution in [2.45, 2.75) is 0 Å². The van der Waals surface area contributed by atoms with Crippen LogP contribution in [0.2, 0.25) is 0 Å². The lowest BCUT2D eigenvalue weighted by atomic mass is 9.82. The summed E-state index contributed by atoms with van der Waals surface area (Å²) in [6.45, 7) is 0. The Bertz CT molecular complexity index is 4390. The lowest BCUT2D eigenvalue weighted by Gasteiger charge is -2.42. The van der Waals surface area contributed by atoms with E-state index >= 15 is 0 Å². The molecule has 2 aliphatic rings. The molecular formula is C71H47N7O3. The Morgan fingerprint density at radius 3 is 0.840 bits per heavy atom. The van der Waals surface area contributed by atoms with Crippen molar-refractivity contribution >= 4 is 90.2 Å². The molecule has 10 nitrogen and oxygen atoms in total. The quantitative estimate of drug-likeness (QED) is 0.147. The Morgan fingerprint density at radius 1 is 0.247 bits per heavy atom. The Kier molecular flexibility index (Phi) is 10.4. The second-order valence-corrected chi connectivity index (χ2v) is 20.5. The van der Waals surface area contributed by atoms with Gasteiger partial charge < -0.3 is 32.9 Å². The van der Waals surface area contributed by atoms with Crippen LogP contribution in [0.5, 0.6) is 0 Å². The first-order valence-electron chi connectivity index (χ1n) is 27.0. The molecule has 0 fully saturated rings. The van der Waals surface area contributed by atoms with Gasteiger partial charge in [-0.25, -0.2) is 15.0 Å². The number of benzene rings is 11. The number of oxazole rings is 3. The molecule has 0 bridgehead atoms. The number of nitrogens with zero attached hydrogens (tertiary/aromatic N) is 7. The van der Waals surface area contributed by atoms with Crippen LogP contribution in [-0.4, -0.2) is 29.0 Å². The summed E-state index contributed by atoms with van der Waals surface area (Å²) >= 11 is 0. The predicted octanol–water partition coefficient (Wildman–Crippen LogP) is 19.2. The van der Waals surface area contributed by atoms with E-state index in [4.69, 9.17) is 28.2 Å². The average molecular weight is 1050 g/mol. The molecule has 2 aliphatic heterocycles. The van der Waals surface area contributed by atoms with Gasteiger partial charge in [0.25, 0.3) is 0 Å². The van der Waals surface area contributed by atoms with Crippen LogP contribution in [0.15, 0.2) is 262 Å². The van der Waals surface area contributed by atoms with E-state index in [-0.39, 0.29) is 0 Å². The van der Waals surface area contributed by atoms with Gasteiger partial charge in [-0.15, -0.1) is 0 Å². The molecule has 0 saturated carbocycles. The molecule has 14 aromatic rings. The monoisotopic (exact) mass is 1050 g/mol. The van der Waals surface area contributed by atoms with Crippen LogP contribution in [0.3, 0.4) is 0 Å². The second kappa shape index (κ2) is 18.3. The third-order valence-electron chi connectivity index (χ3n) is 15.8. The van der Waals surface area contributed by atoms with Crippen molar-refractivity contribution in [3.63, 3.8) is 0 Å². The van der Waals surface area contributed by atoms with Gasteiger partial charge in [0, 0.05) is 47.5 Å². The van der Waals surface area contributed by atoms with Gasteiger partial charge in [0.2, 0.25) is 17.7 Å². The Balaban J connectivity index is 1.09. The normalized spacial score (nSPS) is 12.7. The number of fused-ring (bicyclic) bond motifs is 7. The minimum Gasteiger partial charge on any atom is -0.436 e. The molecule has 81 heavy (non-hydrogen) atoms. The van der Waals surface area contributed by atoms with Crippen LogP contribution < -0.4 is 19.6 Å². The minimum absolute atomic E-state index is 0.525. The zero-order valence-corrected chi connectivity index (χ0v) is 44.0. The van der Waals surface area contributed by atoms with Gasteiger partial charge in [-0.3, -0.25) is 0 Å². The lowest BCUT2D eigenvalue weighted by molar-refractivity contribution is 0.619. The highest BCUT2D eigenvalue weighted by molar-refractivity contribution is 6.13. The summed E-state index contributed by atoms with van der Waals surface area (Å²) in [7, 11) is 4.30. The Hall–Kier alpha value is -11.0. The third kappa shape index (κ3) is 7.45. The Labute approximate surface area is 466 Å². The maximum atomic E-state index is 6.60. The average Bonchev–Trinajstić information content (AvgIpc) is 4.24. The molecule has 0 unspecified atom stereocenters. The van der Waals surface area contributed by atoms with E-state index in [0.717, 1.165) is 140 Å². The van der Waals surface area contributed by atoms with E-state index in [1.807, 2.05) is 72.8 Å². The highest BCUT2D eigenvalue weighted by Crippen LogP contribution is 2.61. The summed E-state index contributed by atoms with van der Waals surface area (Å²) in [4.78, 5) is 24.7. The fourth-order valence-corrected chi connectivity index (χ4v) is 12.1. The van der Waals surface area contributed by atoms with E-state index < -0.39 is 0 Å². The van der Waals surface area contributed by atoms with Gasteiger partial charge >= 0.3 is 0 Å². The molecule has 384 valence electrons. The van der Waals surface area contributed by atoms with Crippen LogP contribution in [0.4, 0.5) is 56.9 Å². The molecule has 0 N–H and O–H groups in total. The highest BCUT2D eigenvalue weighted by Gasteiger charge is 2.36. The van der Waals surface area contributed by atoms with Crippen LogP contribution in [0.1, 0.15) is 0 Å². The number of para-hydroxylation sites is 14. The zero-order chi connectivity index (χ0) is 53.7. The first-order chi connectivity index (χ1) is 40.0. The fraction of sp³-hybridized carbons (Fsp3) is 0.0282. The molecule has 16 rings (SSSR count). The molecule has 0 saturated heterocycles. The van der Waals surface area contributed by atoms with Crippen LogP contribution in [0.25, 0.3) is 101 Å². The second-order valence-electron chi connectivity index (χ2n) is 20.5. The summed E-state index contributed by atoms with van der Waals surface area (Å²) in [5.41, 5.74) is 23.0. The molecule has 0 atom stereocenters. The smallest absolute Gasteiger partial charge is 0.227 e. The third-order valence-corrected chi connectivity index (χ3v) is 15.8. The predicted molar refractivity (Wildman–Crippen MR) is 327 cm³/mol. The number of hydrogen-bond acceptors (Lipinski definition) is 10. The summed E-state index contributed by atoms with van der Waals surface area (Å²) in [6, 6.07) is 86.8. The van der Waals surface area contributed by atoms with Crippen molar-refractivity contribution in [1.29, 1.82) is 0 Å². The first-order valence-corrected chi connectivity index (χ1v) is 27.0.